The van der Waals surface area contributed by atoms with Crippen LogP contribution in [-0.2, 0) is 11.3 Å². The predicted molar refractivity (Wildman–Crippen MR) is 94.0 cm³/mol. The maximum absolute atomic E-state index is 12.1. The Bertz CT molecular complexity index is 830. The van der Waals surface area contributed by atoms with Gasteiger partial charge in [-0.25, -0.2) is 0 Å². The predicted octanol–water partition coefficient (Wildman–Crippen LogP) is 2.89. The minimum Gasteiger partial charge on any atom is -0.326 e. The van der Waals surface area contributed by atoms with Gasteiger partial charge in [0.05, 0.1) is 6.54 Å². The fourth-order valence-corrected chi connectivity index (χ4v) is 2.50. The molecule has 0 spiro atoms. The lowest BCUT2D eigenvalue weighted by Crippen LogP contribution is -2.30. The molecule has 124 valence electrons. The highest BCUT2D eigenvalue weighted by Crippen LogP contribution is 2.13. The average molecular weight is 344 g/mol. The number of hydrogen-bond donors (Lipinski definition) is 2. The summed E-state index contributed by atoms with van der Waals surface area (Å²) < 4.78 is 1.92. The van der Waals surface area contributed by atoms with Crippen molar-refractivity contribution in [3.05, 3.63) is 59.5 Å². The van der Waals surface area contributed by atoms with Crippen molar-refractivity contribution in [2.75, 3.05) is 5.32 Å². The highest BCUT2D eigenvalue weighted by atomic mass is 35.5. The third-order valence-electron chi connectivity index (χ3n) is 3.61. The summed E-state index contributed by atoms with van der Waals surface area (Å²) in [6.45, 7) is 2.51. The Kier molecular flexibility index (Phi) is 5.08. The number of carbonyl (C=O) groups is 1. The summed E-state index contributed by atoms with van der Waals surface area (Å²) in [5, 5.41) is 15.1. The van der Waals surface area contributed by atoms with Crippen LogP contribution in [-0.4, -0.2) is 26.5 Å². The number of benzene rings is 1. The monoisotopic (exact) mass is 343 g/mol. The molecule has 6 nitrogen and oxygen atoms in total. The molecule has 0 saturated carbocycles. The Labute approximate surface area is 144 Å². The number of amides is 1. The molecular formula is C17H18ClN5O. The molecule has 0 aliphatic rings. The molecule has 7 heteroatoms. The Balaban J connectivity index is 1.51. The molecule has 1 amide bonds. The quantitative estimate of drug-likeness (QED) is 0.722. The van der Waals surface area contributed by atoms with Crippen molar-refractivity contribution in [1.82, 2.24) is 19.9 Å². The topological polar surface area (TPSA) is 71.3 Å². The highest BCUT2D eigenvalue weighted by Gasteiger charge is 2.11. The summed E-state index contributed by atoms with van der Waals surface area (Å²) >= 11 is 5.83. The first-order chi connectivity index (χ1) is 11.6. The van der Waals surface area contributed by atoms with E-state index in [2.05, 4.69) is 20.8 Å². The number of pyridine rings is 1. The maximum atomic E-state index is 12.1. The standard InChI is InChI=1S/C17H18ClN5O/c1-12(10-17(24)20-14-7-5-13(18)6-8-14)19-11-16-22-21-15-4-2-3-9-23(15)16/h2-9,12,19H,10-11H2,1H3,(H,20,24). The summed E-state index contributed by atoms with van der Waals surface area (Å²) in [6.07, 6.45) is 2.28. The molecule has 0 saturated heterocycles. The fourth-order valence-electron chi connectivity index (χ4n) is 2.37. The molecule has 0 aliphatic carbocycles. The SMILES string of the molecule is CC(CC(=O)Nc1ccc(Cl)cc1)NCc1nnc2ccccn12. The average Bonchev–Trinajstić information content (AvgIpc) is 2.98. The highest BCUT2D eigenvalue weighted by molar-refractivity contribution is 6.30. The van der Waals surface area contributed by atoms with Crippen molar-refractivity contribution in [1.29, 1.82) is 0 Å². The molecule has 24 heavy (non-hydrogen) atoms. The van der Waals surface area contributed by atoms with Crippen LogP contribution >= 0.6 is 11.6 Å². The van der Waals surface area contributed by atoms with E-state index in [4.69, 9.17) is 11.6 Å². The zero-order chi connectivity index (χ0) is 16.9. The summed E-state index contributed by atoms with van der Waals surface area (Å²) in [7, 11) is 0. The number of nitrogens with one attached hydrogen (secondary N) is 2. The van der Waals surface area contributed by atoms with Crippen molar-refractivity contribution < 1.29 is 4.79 Å². The van der Waals surface area contributed by atoms with Gasteiger partial charge >= 0.3 is 0 Å². The maximum Gasteiger partial charge on any atom is 0.225 e. The first-order valence-electron chi connectivity index (χ1n) is 7.69. The second-order valence-electron chi connectivity index (χ2n) is 5.59. The number of aromatic nitrogens is 3. The largest absolute Gasteiger partial charge is 0.326 e. The first-order valence-corrected chi connectivity index (χ1v) is 8.07. The summed E-state index contributed by atoms with van der Waals surface area (Å²) in [4.78, 5) is 12.1. The van der Waals surface area contributed by atoms with Crippen LogP contribution in [0.4, 0.5) is 5.69 Å². The first kappa shape index (κ1) is 16.4. The number of nitrogens with zero attached hydrogens (tertiary/aromatic N) is 3. The Morgan fingerprint density at radius 3 is 2.79 bits per heavy atom. The van der Waals surface area contributed by atoms with E-state index in [1.54, 1.807) is 24.3 Å². The van der Waals surface area contributed by atoms with Gasteiger partial charge in [0.2, 0.25) is 5.91 Å². The number of anilines is 1. The van der Waals surface area contributed by atoms with Crippen molar-refractivity contribution >= 4 is 28.8 Å². The molecule has 3 aromatic rings. The van der Waals surface area contributed by atoms with Crippen molar-refractivity contribution in [2.45, 2.75) is 25.9 Å². The second kappa shape index (κ2) is 7.42. The van der Waals surface area contributed by atoms with Gasteiger partial charge in [0.1, 0.15) is 0 Å². The van der Waals surface area contributed by atoms with Gasteiger partial charge in [-0.05, 0) is 43.3 Å². The van der Waals surface area contributed by atoms with Crippen LogP contribution in [0, 0.1) is 0 Å². The van der Waals surface area contributed by atoms with Gasteiger partial charge in [-0.3, -0.25) is 9.20 Å². The van der Waals surface area contributed by atoms with Crippen molar-refractivity contribution in [3.8, 4) is 0 Å². The van der Waals surface area contributed by atoms with E-state index < -0.39 is 0 Å². The fraction of sp³-hybridized carbons (Fsp3) is 0.235. The lowest BCUT2D eigenvalue weighted by Gasteiger charge is -2.13. The van der Waals surface area contributed by atoms with Gasteiger partial charge in [0, 0.05) is 29.4 Å². The smallest absolute Gasteiger partial charge is 0.225 e. The molecule has 2 aromatic heterocycles. The molecule has 0 aliphatic heterocycles. The zero-order valence-electron chi connectivity index (χ0n) is 13.2. The lowest BCUT2D eigenvalue weighted by molar-refractivity contribution is -0.116. The molecule has 2 N–H and O–H groups in total. The van der Waals surface area contributed by atoms with Crippen LogP contribution in [0.3, 0.4) is 0 Å². The van der Waals surface area contributed by atoms with Crippen LogP contribution in [0.25, 0.3) is 5.65 Å². The van der Waals surface area contributed by atoms with Gasteiger partial charge in [-0.15, -0.1) is 10.2 Å². The molecule has 0 bridgehead atoms. The van der Waals surface area contributed by atoms with E-state index in [0.717, 1.165) is 17.2 Å². The van der Waals surface area contributed by atoms with E-state index in [1.807, 2.05) is 35.7 Å². The molecule has 1 atom stereocenters. The van der Waals surface area contributed by atoms with Gasteiger partial charge in [0.15, 0.2) is 11.5 Å². The number of fused-ring (bicyclic) bond motifs is 1. The van der Waals surface area contributed by atoms with E-state index >= 15 is 0 Å². The molecule has 0 fully saturated rings. The zero-order valence-corrected chi connectivity index (χ0v) is 14.0. The molecule has 0 radical (unpaired) electrons. The van der Waals surface area contributed by atoms with E-state index in [1.165, 1.54) is 0 Å². The molecule has 2 heterocycles. The Morgan fingerprint density at radius 1 is 1.21 bits per heavy atom. The van der Waals surface area contributed by atoms with Crippen LogP contribution in [0.1, 0.15) is 19.2 Å². The number of carbonyl (C=O) groups excluding carboxylic acids is 1. The molecular weight excluding hydrogens is 326 g/mol. The van der Waals surface area contributed by atoms with Crippen LogP contribution < -0.4 is 10.6 Å². The number of hydrogen-bond acceptors (Lipinski definition) is 4. The third kappa shape index (κ3) is 4.10. The minimum absolute atomic E-state index is 0.00774. The van der Waals surface area contributed by atoms with E-state index in [9.17, 15) is 4.79 Å². The van der Waals surface area contributed by atoms with Crippen molar-refractivity contribution in [3.63, 3.8) is 0 Å². The van der Waals surface area contributed by atoms with E-state index in [0.29, 0.717) is 18.0 Å². The second-order valence-corrected chi connectivity index (χ2v) is 6.02. The molecule has 1 unspecified atom stereocenters. The van der Waals surface area contributed by atoms with Crippen molar-refractivity contribution in [2.24, 2.45) is 0 Å². The van der Waals surface area contributed by atoms with Gasteiger partial charge in [-0.2, -0.15) is 0 Å². The third-order valence-corrected chi connectivity index (χ3v) is 3.86. The van der Waals surface area contributed by atoms with Gasteiger partial charge in [-0.1, -0.05) is 17.7 Å². The molecule has 1 aromatic carbocycles. The number of halogens is 1. The normalized spacial score (nSPS) is 12.2. The summed E-state index contributed by atoms with van der Waals surface area (Å²) in [5.41, 5.74) is 1.54. The van der Waals surface area contributed by atoms with Crippen LogP contribution in [0.15, 0.2) is 48.7 Å². The van der Waals surface area contributed by atoms with Gasteiger partial charge < -0.3 is 10.6 Å². The molecule has 3 rings (SSSR count). The lowest BCUT2D eigenvalue weighted by atomic mass is 10.2. The van der Waals surface area contributed by atoms with Crippen LogP contribution in [0.5, 0.6) is 0 Å². The Morgan fingerprint density at radius 2 is 2.00 bits per heavy atom. The van der Waals surface area contributed by atoms with Gasteiger partial charge in [0.25, 0.3) is 0 Å². The minimum atomic E-state index is -0.0524. The van der Waals surface area contributed by atoms with E-state index in [-0.39, 0.29) is 11.9 Å². The summed E-state index contributed by atoms with van der Waals surface area (Å²) in [5.74, 6) is 0.763. The Hall–Kier alpha value is -2.44. The van der Waals surface area contributed by atoms with Crippen LogP contribution in [0.2, 0.25) is 5.02 Å². The summed E-state index contributed by atoms with van der Waals surface area (Å²) in [6, 6.07) is 12.8. The number of rotatable bonds is 6.